The fourth-order valence-electron chi connectivity index (χ4n) is 1.43. The van der Waals surface area contributed by atoms with Gasteiger partial charge < -0.3 is 5.73 Å². The Morgan fingerprint density at radius 3 is 2.55 bits per heavy atom. The van der Waals surface area contributed by atoms with Crippen LogP contribution < -0.4 is 5.73 Å². The van der Waals surface area contributed by atoms with E-state index in [0.29, 0.717) is 11.3 Å². The molecule has 0 bridgehead atoms. The van der Waals surface area contributed by atoms with E-state index in [-0.39, 0.29) is 0 Å². The van der Waals surface area contributed by atoms with Crippen LogP contribution in [0.4, 0.5) is 0 Å². The zero-order valence-electron chi connectivity index (χ0n) is 7.25. The normalized spacial score (nSPS) is 35.2. The summed E-state index contributed by atoms with van der Waals surface area (Å²) in [6.45, 7) is 4.39. The van der Waals surface area contributed by atoms with Crippen LogP contribution >= 0.6 is 23.5 Å². The van der Waals surface area contributed by atoms with Gasteiger partial charge in [0.1, 0.15) is 0 Å². The van der Waals surface area contributed by atoms with Gasteiger partial charge in [0.15, 0.2) is 0 Å². The predicted molar refractivity (Wildman–Crippen MR) is 56.4 cm³/mol. The molecule has 1 heterocycles. The minimum absolute atomic E-state index is 0.359. The maximum atomic E-state index is 5.90. The molecule has 0 amide bonds. The maximum Gasteiger partial charge on any atom is 0.0315 e. The fourth-order valence-corrected chi connectivity index (χ4v) is 4.63. The summed E-state index contributed by atoms with van der Waals surface area (Å²) < 4.78 is 0. The van der Waals surface area contributed by atoms with Gasteiger partial charge in [-0.1, -0.05) is 6.92 Å². The summed E-state index contributed by atoms with van der Waals surface area (Å²) in [5.74, 6) is 2.60. The average Bonchev–Trinajstić information content (AvgIpc) is 2.04. The SMILES string of the molecule is CCC1SCCSC1[C@@H](C)N. The molecule has 3 heteroatoms. The van der Waals surface area contributed by atoms with Crippen molar-refractivity contribution in [1.29, 1.82) is 0 Å². The summed E-state index contributed by atoms with van der Waals surface area (Å²) in [5, 5.41) is 1.49. The first-order valence-corrected chi connectivity index (χ1v) is 6.34. The van der Waals surface area contributed by atoms with E-state index in [1.165, 1.54) is 17.9 Å². The van der Waals surface area contributed by atoms with Crippen molar-refractivity contribution in [2.45, 2.75) is 36.8 Å². The Morgan fingerprint density at radius 1 is 1.45 bits per heavy atom. The second kappa shape index (κ2) is 4.63. The highest BCUT2D eigenvalue weighted by Gasteiger charge is 2.27. The van der Waals surface area contributed by atoms with E-state index < -0.39 is 0 Å². The zero-order valence-corrected chi connectivity index (χ0v) is 8.88. The van der Waals surface area contributed by atoms with Crippen LogP contribution in [0.25, 0.3) is 0 Å². The molecule has 1 aliphatic rings. The molecule has 0 radical (unpaired) electrons. The van der Waals surface area contributed by atoms with Crippen molar-refractivity contribution in [2.24, 2.45) is 5.73 Å². The highest BCUT2D eigenvalue weighted by molar-refractivity contribution is 8.07. The lowest BCUT2D eigenvalue weighted by Gasteiger charge is -2.32. The molecule has 2 unspecified atom stereocenters. The van der Waals surface area contributed by atoms with Gasteiger partial charge in [-0.2, -0.15) is 23.5 Å². The smallest absolute Gasteiger partial charge is 0.0315 e. The fraction of sp³-hybridized carbons (Fsp3) is 1.00. The van der Waals surface area contributed by atoms with Gasteiger partial charge in [0.25, 0.3) is 0 Å². The Kier molecular flexibility index (Phi) is 4.10. The summed E-state index contributed by atoms with van der Waals surface area (Å²) in [4.78, 5) is 0. The minimum atomic E-state index is 0.359. The van der Waals surface area contributed by atoms with E-state index in [0.717, 1.165) is 5.25 Å². The molecule has 1 aliphatic heterocycles. The van der Waals surface area contributed by atoms with Crippen molar-refractivity contribution >= 4 is 23.5 Å². The zero-order chi connectivity index (χ0) is 8.27. The summed E-state index contributed by atoms with van der Waals surface area (Å²) in [6, 6.07) is 0.359. The first-order chi connectivity index (χ1) is 5.25. The van der Waals surface area contributed by atoms with Gasteiger partial charge in [-0.05, 0) is 13.3 Å². The minimum Gasteiger partial charge on any atom is -0.327 e. The van der Waals surface area contributed by atoms with E-state index in [2.05, 4.69) is 37.4 Å². The molecule has 66 valence electrons. The van der Waals surface area contributed by atoms with Crippen LogP contribution in [0, 0.1) is 0 Å². The van der Waals surface area contributed by atoms with Crippen molar-refractivity contribution in [3.63, 3.8) is 0 Å². The topological polar surface area (TPSA) is 26.0 Å². The van der Waals surface area contributed by atoms with E-state index in [4.69, 9.17) is 5.73 Å². The van der Waals surface area contributed by atoms with Crippen molar-refractivity contribution in [1.82, 2.24) is 0 Å². The van der Waals surface area contributed by atoms with Crippen molar-refractivity contribution in [2.75, 3.05) is 11.5 Å². The standard InChI is InChI=1S/C8H17NS2/c1-3-7-8(6(2)9)11-5-4-10-7/h6-8H,3-5,9H2,1-2H3/t6-,7?,8?/m1/s1. The molecule has 11 heavy (non-hydrogen) atoms. The van der Waals surface area contributed by atoms with E-state index in [1.54, 1.807) is 0 Å². The number of nitrogens with two attached hydrogens (primary N) is 1. The molecular formula is C8H17NS2. The number of hydrogen-bond acceptors (Lipinski definition) is 3. The van der Waals surface area contributed by atoms with Crippen LogP contribution in [0.1, 0.15) is 20.3 Å². The third-order valence-electron chi connectivity index (χ3n) is 2.01. The number of rotatable bonds is 2. The summed E-state index contributed by atoms with van der Waals surface area (Å²) in [6.07, 6.45) is 1.27. The molecule has 1 saturated heterocycles. The maximum absolute atomic E-state index is 5.90. The second-order valence-electron chi connectivity index (χ2n) is 3.01. The van der Waals surface area contributed by atoms with Gasteiger partial charge in [-0.15, -0.1) is 0 Å². The van der Waals surface area contributed by atoms with E-state index in [9.17, 15) is 0 Å². The van der Waals surface area contributed by atoms with Crippen LogP contribution in [0.5, 0.6) is 0 Å². The van der Waals surface area contributed by atoms with Crippen molar-refractivity contribution in [3.8, 4) is 0 Å². The molecule has 1 fully saturated rings. The third kappa shape index (κ3) is 2.56. The molecule has 0 spiro atoms. The Morgan fingerprint density at radius 2 is 2.09 bits per heavy atom. The highest BCUT2D eigenvalue weighted by atomic mass is 32.2. The van der Waals surface area contributed by atoms with Crippen LogP contribution in [-0.4, -0.2) is 28.0 Å². The lowest BCUT2D eigenvalue weighted by Crippen LogP contribution is -2.39. The Bertz CT molecular complexity index is 117. The van der Waals surface area contributed by atoms with Crippen molar-refractivity contribution < 1.29 is 0 Å². The molecule has 0 aromatic rings. The monoisotopic (exact) mass is 191 g/mol. The molecule has 0 aromatic carbocycles. The van der Waals surface area contributed by atoms with Gasteiger partial charge in [0, 0.05) is 28.0 Å². The molecule has 0 aromatic heterocycles. The van der Waals surface area contributed by atoms with Gasteiger partial charge in [0.2, 0.25) is 0 Å². The molecule has 1 nitrogen and oxygen atoms in total. The largest absolute Gasteiger partial charge is 0.327 e. The van der Waals surface area contributed by atoms with Gasteiger partial charge in [-0.3, -0.25) is 0 Å². The van der Waals surface area contributed by atoms with Gasteiger partial charge in [-0.25, -0.2) is 0 Å². The molecule has 3 atom stereocenters. The van der Waals surface area contributed by atoms with Crippen LogP contribution in [-0.2, 0) is 0 Å². The predicted octanol–water partition coefficient (Wildman–Crippen LogP) is 1.96. The lowest BCUT2D eigenvalue weighted by atomic mass is 10.1. The van der Waals surface area contributed by atoms with Gasteiger partial charge >= 0.3 is 0 Å². The van der Waals surface area contributed by atoms with Crippen LogP contribution in [0.2, 0.25) is 0 Å². The molecule has 0 saturated carbocycles. The lowest BCUT2D eigenvalue weighted by molar-refractivity contribution is 0.643. The number of thioether (sulfide) groups is 2. The second-order valence-corrected chi connectivity index (χ2v) is 5.65. The van der Waals surface area contributed by atoms with E-state index in [1.807, 2.05) is 0 Å². The van der Waals surface area contributed by atoms with Crippen molar-refractivity contribution in [3.05, 3.63) is 0 Å². The highest BCUT2D eigenvalue weighted by Crippen LogP contribution is 2.34. The number of hydrogen-bond donors (Lipinski definition) is 1. The molecule has 2 N–H and O–H groups in total. The molecule has 0 aliphatic carbocycles. The van der Waals surface area contributed by atoms with Crippen LogP contribution in [0.3, 0.4) is 0 Å². The molecular weight excluding hydrogens is 174 g/mol. The summed E-state index contributed by atoms with van der Waals surface area (Å²) >= 11 is 4.16. The Labute approximate surface area is 77.9 Å². The quantitative estimate of drug-likeness (QED) is 0.722. The molecule has 1 rings (SSSR count). The van der Waals surface area contributed by atoms with Gasteiger partial charge in [0.05, 0.1) is 0 Å². The first kappa shape index (κ1) is 9.75. The third-order valence-corrected chi connectivity index (χ3v) is 5.52. The first-order valence-electron chi connectivity index (χ1n) is 4.24. The summed E-state index contributed by atoms with van der Waals surface area (Å²) in [7, 11) is 0. The van der Waals surface area contributed by atoms with E-state index >= 15 is 0 Å². The van der Waals surface area contributed by atoms with Crippen LogP contribution in [0.15, 0.2) is 0 Å². The Hall–Kier alpha value is 0.660. The summed E-state index contributed by atoms with van der Waals surface area (Å²) in [5.41, 5.74) is 5.90. The average molecular weight is 191 g/mol. The Balaban J connectivity index is 2.44.